The van der Waals surface area contributed by atoms with Gasteiger partial charge in [0.1, 0.15) is 17.5 Å². The maximum Gasteiger partial charge on any atom is 0.161 e. The predicted octanol–water partition coefficient (Wildman–Crippen LogP) is 3.79. The molecule has 0 amide bonds. The lowest BCUT2D eigenvalue weighted by atomic mass is 10.2. The summed E-state index contributed by atoms with van der Waals surface area (Å²) in [5.74, 6) is -3.50. The Morgan fingerprint density at radius 2 is 1.58 bits per heavy atom. The van der Waals surface area contributed by atoms with Gasteiger partial charge in [-0.15, -0.1) is 0 Å². The van der Waals surface area contributed by atoms with Crippen molar-refractivity contribution < 1.29 is 17.6 Å². The Labute approximate surface area is 104 Å². The van der Waals surface area contributed by atoms with Gasteiger partial charge in [0.05, 0.1) is 16.6 Å². The zero-order valence-electron chi connectivity index (χ0n) is 9.35. The second-order valence-corrected chi connectivity index (χ2v) is 3.99. The molecule has 1 heterocycles. The van der Waals surface area contributed by atoms with Gasteiger partial charge >= 0.3 is 0 Å². The van der Waals surface area contributed by atoms with E-state index in [0.717, 1.165) is 18.2 Å². The Bertz CT molecular complexity index is 741. The minimum Gasteiger partial charge on any atom is -0.338 e. The predicted molar refractivity (Wildman–Crippen MR) is 61.4 cm³/mol. The van der Waals surface area contributed by atoms with Crippen molar-refractivity contribution in [3.8, 4) is 11.4 Å². The number of hydrogen-bond donors (Lipinski definition) is 1. The smallest absolute Gasteiger partial charge is 0.161 e. The number of hydrogen-bond acceptors (Lipinski definition) is 1. The largest absolute Gasteiger partial charge is 0.338 e. The van der Waals surface area contributed by atoms with E-state index in [1.54, 1.807) is 0 Å². The first-order valence-corrected chi connectivity index (χ1v) is 5.35. The maximum atomic E-state index is 13.6. The van der Waals surface area contributed by atoms with Crippen LogP contribution in [0.2, 0.25) is 0 Å². The van der Waals surface area contributed by atoms with E-state index in [2.05, 4.69) is 9.97 Å². The van der Waals surface area contributed by atoms with Crippen LogP contribution in [0, 0.1) is 23.3 Å². The number of imidazole rings is 1. The summed E-state index contributed by atoms with van der Waals surface area (Å²) in [5, 5.41) is 0. The normalized spacial score (nSPS) is 11.2. The van der Waals surface area contributed by atoms with Gasteiger partial charge in [0.25, 0.3) is 0 Å². The van der Waals surface area contributed by atoms with E-state index in [-0.39, 0.29) is 22.4 Å². The molecule has 0 aliphatic heterocycles. The molecule has 0 aliphatic carbocycles. The number of H-pyrrole nitrogens is 1. The van der Waals surface area contributed by atoms with Gasteiger partial charge in [0.15, 0.2) is 11.6 Å². The summed E-state index contributed by atoms with van der Waals surface area (Å²) in [7, 11) is 0. The second-order valence-electron chi connectivity index (χ2n) is 3.99. The van der Waals surface area contributed by atoms with Crippen molar-refractivity contribution in [2.75, 3.05) is 0 Å². The van der Waals surface area contributed by atoms with Crippen molar-refractivity contribution >= 4 is 11.0 Å². The van der Waals surface area contributed by atoms with Crippen LogP contribution in [-0.4, -0.2) is 9.97 Å². The van der Waals surface area contributed by atoms with Gasteiger partial charge in [0, 0.05) is 18.2 Å². The molecule has 3 aromatic rings. The second kappa shape index (κ2) is 4.08. The van der Waals surface area contributed by atoms with Crippen LogP contribution in [0.15, 0.2) is 30.3 Å². The molecule has 0 spiro atoms. The molecule has 6 heteroatoms. The highest BCUT2D eigenvalue weighted by Gasteiger charge is 2.13. The number of nitrogens with zero attached hydrogens (tertiary/aromatic N) is 1. The topological polar surface area (TPSA) is 28.7 Å². The van der Waals surface area contributed by atoms with E-state index in [1.807, 2.05) is 0 Å². The molecular weight excluding hydrogens is 260 g/mol. The first-order valence-electron chi connectivity index (χ1n) is 5.35. The molecule has 19 heavy (non-hydrogen) atoms. The molecule has 96 valence electrons. The Hall–Kier alpha value is -2.37. The average Bonchev–Trinajstić information content (AvgIpc) is 2.72. The molecule has 2 aromatic carbocycles. The van der Waals surface area contributed by atoms with Crippen molar-refractivity contribution in [2.24, 2.45) is 0 Å². The molecule has 1 aromatic heterocycles. The quantitative estimate of drug-likeness (QED) is 0.667. The van der Waals surface area contributed by atoms with Crippen molar-refractivity contribution in [3.05, 3.63) is 53.6 Å². The standard InChI is InChI=1S/C13H6F4N2/c14-6-1-2-7(8(15)3-6)13-18-11-4-9(16)10(17)5-12(11)19-13/h1-5H,(H,18,19). The molecular formula is C13H6F4N2. The molecule has 0 fully saturated rings. The Balaban J connectivity index is 2.20. The number of halogens is 4. The number of rotatable bonds is 1. The molecule has 0 unspecified atom stereocenters. The van der Waals surface area contributed by atoms with Crippen LogP contribution in [0.25, 0.3) is 22.4 Å². The van der Waals surface area contributed by atoms with Crippen molar-refractivity contribution in [3.63, 3.8) is 0 Å². The lowest BCUT2D eigenvalue weighted by Crippen LogP contribution is -1.87. The van der Waals surface area contributed by atoms with Gasteiger partial charge in [0.2, 0.25) is 0 Å². The van der Waals surface area contributed by atoms with Crippen LogP contribution in [0.3, 0.4) is 0 Å². The SMILES string of the molecule is Fc1ccc(-c2nc3cc(F)c(F)cc3[nH]2)c(F)c1. The fraction of sp³-hybridized carbons (Fsp3) is 0. The van der Waals surface area contributed by atoms with Crippen LogP contribution in [0.1, 0.15) is 0 Å². The van der Waals surface area contributed by atoms with E-state index < -0.39 is 23.3 Å². The summed E-state index contributed by atoms with van der Waals surface area (Å²) < 4.78 is 52.5. The summed E-state index contributed by atoms with van der Waals surface area (Å²) in [6.07, 6.45) is 0. The lowest BCUT2D eigenvalue weighted by Gasteiger charge is -1.98. The molecule has 0 radical (unpaired) electrons. The number of fused-ring (bicyclic) bond motifs is 1. The minimum absolute atomic E-state index is 0.0263. The van der Waals surface area contributed by atoms with E-state index in [4.69, 9.17) is 0 Å². The molecule has 0 saturated carbocycles. The number of benzene rings is 2. The number of nitrogens with one attached hydrogen (secondary N) is 1. The van der Waals surface area contributed by atoms with E-state index >= 15 is 0 Å². The van der Waals surface area contributed by atoms with Gasteiger partial charge < -0.3 is 4.98 Å². The van der Waals surface area contributed by atoms with Crippen molar-refractivity contribution in [1.29, 1.82) is 0 Å². The van der Waals surface area contributed by atoms with E-state index in [1.165, 1.54) is 6.07 Å². The molecule has 2 nitrogen and oxygen atoms in total. The summed E-state index contributed by atoms with van der Waals surface area (Å²) in [6.45, 7) is 0. The first-order chi connectivity index (χ1) is 9.04. The summed E-state index contributed by atoms with van der Waals surface area (Å²) in [5.41, 5.74) is 0.425. The molecule has 0 aliphatic rings. The van der Waals surface area contributed by atoms with Crippen LogP contribution < -0.4 is 0 Å². The molecule has 1 N–H and O–H groups in total. The van der Waals surface area contributed by atoms with Crippen LogP contribution >= 0.6 is 0 Å². The Kier molecular flexibility index (Phi) is 2.51. The van der Waals surface area contributed by atoms with Gasteiger partial charge in [-0.2, -0.15) is 0 Å². The third kappa shape index (κ3) is 1.95. The molecule has 0 bridgehead atoms. The van der Waals surface area contributed by atoms with Crippen LogP contribution in [0.5, 0.6) is 0 Å². The highest BCUT2D eigenvalue weighted by Crippen LogP contribution is 2.24. The lowest BCUT2D eigenvalue weighted by molar-refractivity contribution is 0.510. The van der Waals surface area contributed by atoms with Gasteiger partial charge in [-0.1, -0.05) is 0 Å². The molecule has 3 rings (SSSR count). The highest BCUT2D eigenvalue weighted by molar-refractivity contribution is 5.79. The number of aromatic amines is 1. The van der Waals surface area contributed by atoms with Gasteiger partial charge in [-0.05, 0) is 12.1 Å². The fourth-order valence-corrected chi connectivity index (χ4v) is 1.81. The average molecular weight is 266 g/mol. The first kappa shape index (κ1) is 11.7. The molecule has 0 atom stereocenters. The van der Waals surface area contributed by atoms with Crippen molar-refractivity contribution in [2.45, 2.75) is 0 Å². The number of aromatic nitrogens is 2. The van der Waals surface area contributed by atoms with Crippen LogP contribution in [0.4, 0.5) is 17.6 Å². The van der Waals surface area contributed by atoms with Gasteiger partial charge in [-0.25, -0.2) is 22.5 Å². The van der Waals surface area contributed by atoms with Gasteiger partial charge in [-0.3, -0.25) is 0 Å². The zero-order valence-corrected chi connectivity index (χ0v) is 9.35. The minimum atomic E-state index is -1.04. The van der Waals surface area contributed by atoms with E-state index in [0.29, 0.717) is 6.07 Å². The third-order valence-corrected chi connectivity index (χ3v) is 2.71. The summed E-state index contributed by atoms with van der Waals surface area (Å²) >= 11 is 0. The van der Waals surface area contributed by atoms with Crippen molar-refractivity contribution in [1.82, 2.24) is 9.97 Å². The summed E-state index contributed by atoms with van der Waals surface area (Å²) in [4.78, 5) is 6.61. The Morgan fingerprint density at radius 3 is 2.32 bits per heavy atom. The third-order valence-electron chi connectivity index (χ3n) is 2.71. The van der Waals surface area contributed by atoms with Crippen LogP contribution in [-0.2, 0) is 0 Å². The zero-order chi connectivity index (χ0) is 13.6. The Morgan fingerprint density at radius 1 is 0.842 bits per heavy atom. The monoisotopic (exact) mass is 266 g/mol. The fourth-order valence-electron chi connectivity index (χ4n) is 1.81. The maximum absolute atomic E-state index is 13.6. The molecule has 0 saturated heterocycles. The highest BCUT2D eigenvalue weighted by atomic mass is 19.2. The summed E-state index contributed by atoms with van der Waals surface area (Å²) in [6, 6.07) is 4.83. The van der Waals surface area contributed by atoms with E-state index in [9.17, 15) is 17.6 Å².